The summed E-state index contributed by atoms with van der Waals surface area (Å²) in [6.07, 6.45) is 4.85. The molecule has 0 saturated heterocycles. The molecule has 162 valence electrons. The van der Waals surface area contributed by atoms with Gasteiger partial charge in [-0.2, -0.15) is 0 Å². The molecule has 1 aromatic carbocycles. The van der Waals surface area contributed by atoms with Gasteiger partial charge in [-0.15, -0.1) is 21.5 Å². The summed E-state index contributed by atoms with van der Waals surface area (Å²) in [5.41, 5.74) is 2.15. The predicted octanol–water partition coefficient (Wildman–Crippen LogP) is 4.52. The molecular weight excluding hydrogens is 432 g/mol. The molecule has 5 rings (SSSR count). The van der Waals surface area contributed by atoms with Crippen LogP contribution >= 0.6 is 23.1 Å². The third-order valence-electron chi connectivity index (χ3n) is 5.81. The maximum Gasteiger partial charge on any atom is 0.234 e. The van der Waals surface area contributed by atoms with Gasteiger partial charge < -0.3 is 19.4 Å². The first-order valence-electron chi connectivity index (χ1n) is 10.4. The number of rotatable bonds is 6. The lowest BCUT2D eigenvalue weighted by atomic mass is 9.87. The average Bonchev–Trinajstić information content (AvgIpc) is 3.49. The molecule has 31 heavy (non-hydrogen) atoms. The summed E-state index contributed by atoms with van der Waals surface area (Å²) in [5.74, 6) is 3.15. The molecule has 0 saturated carbocycles. The van der Waals surface area contributed by atoms with E-state index in [-0.39, 0.29) is 18.5 Å². The summed E-state index contributed by atoms with van der Waals surface area (Å²) in [4.78, 5) is 15.1. The van der Waals surface area contributed by atoms with Gasteiger partial charge in [0.2, 0.25) is 12.7 Å². The molecule has 1 amide bonds. The Morgan fingerprint density at radius 3 is 3.03 bits per heavy atom. The maximum absolute atomic E-state index is 12.4. The number of anilines is 1. The number of thioether (sulfide) groups is 1. The maximum atomic E-state index is 12.4. The Hall–Kier alpha value is -2.52. The van der Waals surface area contributed by atoms with Gasteiger partial charge in [0, 0.05) is 23.7 Å². The van der Waals surface area contributed by atoms with E-state index in [0.717, 1.165) is 28.2 Å². The molecule has 1 unspecified atom stereocenters. The highest BCUT2D eigenvalue weighted by Crippen LogP contribution is 2.38. The average molecular weight is 457 g/mol. The summed E-state index contributed by atoms with van der Waals surface area (Å²) >= 11 is 3.21. The summed E-state index contributed by atoms with van der Waals surface area (Å²) in [6.45, 7) is 2.49. The van der Waals surface area contributed by atoms with Crippen LogP contribution in [-0.2, 0) is 24.7 Å². The Kier molecular flexibility index (Phi) is 5.62. The zero-order valence-electron chi connectivity index (χ0n) is 17.5. The van der Waals surface area contributed by atoms with Crippen LogP contribution in [0, 0.1) is 5.92 Å². The molecule has 3 heterocycles. The van der Waals surface area contributed by atoms with Crippen LogP contribution < -0.4 is 14.8 Å². The molecule has 1 aliphatic heterocycles. The molecule has 1 atom stereocenters. The topological polar surface area (TPSA) is 78.3 Å². The fourth-order valence-corrected chi connectivity index (χ4v) is 5.95. The summed E-state index contributed by atoms with van der Waals surface area (Å²) in [5, 5.41) is 12.4. The fourth-order valence-electron chi connectivity index (χ4n) is 4.01. The van der Waals surface area contributed by atoms with Gasteiger partial charge in [-0.3, -0.25) is 4.79 Å². The summed E-state index contributed by atoms with van der Waals surface area (Å²) < 4.78 is 12.6. The fraction of sp³-hybridized carbons (Fsp3) is 0.409. The minimum Gasteiger partial charge on any atom is -0.454 e. The Labute approximate surface area is 189 Å². The van der Waals surface area contributed by atoms with Gasteiger partial charge in [-0.25, -0.2) is 0 Å². The molecule has 1 N–H and O–H groups in total. The van der Waals surface area contributed by atoms with E-state index in [1.807, 2.05) is 23.0 Å². The van der Waals surface area contributed by atoms with Crippen LogP contribution in [0.5, 0.6) is 11.5 Å². The number of carbonyl (C=O) groups excluding carboxylic acids is 1. The second-order valence-electron chi connectivity index (χ2n) is 7.85. The number of aryl methyl sites for hydroxylation is 1. The van der Waals surface area contributed by atoms with Crippen LogP contribution in [-0.4, -0.2) is 33.2 Å². The number of ether oxygens (including phenoxy) is 2. The standard InChI is InChI=1S/C22H24N4O3S2/c1-3-13-4-7-18-14(8-13)9-19(31-18)21-24-25-22(26(21)2)30-11-20(27)23-15-5-6-16-17(10-15)29-12-28-16/h5-6,9-10,13H,3-4,7-8,11-12H2,1-2H3,(H,23,27). The van der Waals surface area contributed by atoms with Crippen molar-refractivity contribution in [1.29, 1.82) is 0 Å². The third-order valence-corrected chi connectivity index (χ3v) is 8.06. The zero-order valence-corrected chi connectivity index (χ0v) is 19.1. The van der Waals surface area contributed by atoms with Crippen LogP contribution in [0.15, 0.2) is 29.4 Å². The van der Waals surface area contributed by atoms with Crippen LogP contribution in [0.4, 0.5) is 5.69 Å². The first-order valence-corrected chi connectivity index (χ1v) is 12.2. The van der Waals surface area contributed by atoms with Gasteiger partial charge in [-0.1, -0.05) is 25.1 Å². The van der Waals surface area contributed by atoms with Gasteiger partial charge >= 0.3 is 0 Å². The number of nitrogens with zero attached hydrogens (tertiary/aromatic N) is 3. The molecule has 9 heteroatoms. The highest BCUT2D eigenvalue weighted by molar-refractivity contribution is 7.99. The molecule has 7 nitrogen and oxygen atoms in total. The molecule has 2 aliphatic rings. The summed E-state index contributed by atoms with van der Waals surface area (Å²) in [6, 6.07) is 7.65. The van der Waals surface area contributed by atoms with Crippen molar-refractivity contribution in [3.05, 3.63) is 34.7 Å². The predicted molar refractivity (Wildman–Crippen MR) is 122 cm³/mol. The SMILES string of the molecule is CCC1CCc2sc(-c3nnc(SCC(=O)Nc4ccc5c(c4)OCO5)n3C)cc2C1. The highest BCUT2D eigenvalue weighted by Gasteiger charge is 2.23. The first-order chi connectivity index (χ1) is 15.1. The van der Waals surface area contributed by atoms with E-state index in [1.165, 1.54) is 41.5 Å². The molecule has 0 bridgehead atoms. The lowest BCUT2D eigenvalue weighted by molar-refractivity contribution is -0.113. The molecule has 0 spiro atoms. The monoisotopic (exact) mass is 456 g/mol. The van der Waals surface area contributed by atoms with Crippen LogP contribution in [0.1, 0.15) is 30.2 Å². The lowest BCUT2D eigenvalue weighted by Gasteiger charge is -2.19. The van der Waals surface area contributed by atoms with E-state index < -0.39 is 0 Å². The van der Waals surface area contributed by atoms with Crippen molar-refractivity contribution in [1.82, 2.24) is 14.8 Å². The van der Waals surface area contributed by atoms with E-state index in [2.05, 4.69) is 28.5 Å². The van der Waals surface area contributed by atoms with E-state index in [4.69, 9.17) is 9.47 Å². The Morgan fingerprint density at radius 2 is 2.16 bits per heavy atom. The number of hydrogen-bond acceptors (Lipinski definition) is 7. The molecule has 1 aliphatic carbocycles. The Morgan fingerprint density at radius 1 is 1.29 bits per heavy atom. The molecular formula is C22H24N4O3S2. The minimum absolute atomic E-state index is 0.106. The quantitative estimate of drug-likeness (QED) is 0.550. The van der Waals surface area contributed by atoms with Crippen LogP contribution in [0.2, 0.25) is 0 Å². The lowest BCUT2D eigenvalue weighted by Crippen LogP contribution is -2.14. The number of amides is 1. The van der Waals surface area contributed by atoms with Crippen molar-refractivity contribution < 1.29 is 14.3 Å². The number of carbonyl (C=O) groups is 1. The largest absolute Gasteiger partial charge is 0.454 e. The third kappa shape index (κ3) is 4.16. The van der Waals surface area contributed by atoms with Gasteiger partial charge in [0.1, 0.15) is 0 Å². The van der Waals surface area contributed by atoms with Crippen LogP contribution in [0.3, 0.4) is 0 Å². The van der Waals surface area contributed by atoms with E-state index >= 15 is 0 Å². The smallest absolute Gasteiger partial charge is 0.234 e. The molecule has 3 aromatic rings. The van der Waals surface area contributed by atoms with Crippen molar-refractivity contribution in [2.45, 2.75) is 37.8 Å². The van der Waals surface area contributed by atoms with Crippen molar-refractivity contribution in [3.8, 4) is 22.2 Å². The molecule has 0 radical (unpaired) electrons. The van der Waals surface area contributed by atoms with Crippen molar-refractivity contribution in [3.63, 3.8) is 0 Å². The normalized spacial score (nSPS) is 16.9. The number of aromatic nitrogens is 3. The van der Waals surface area contributed by atoms with Crippen molar-refractivity contribution in [2.24, 2.45) is 13.0 Å². The van der Waals surface area contributed by atoms with Gasteiger partial charge in [0.05, 0.1) is 10.6 Å². The van der Waals surface area contributed by atoms with Gasteiger partial charge in [0.15, 0.2) is 22.5 Å². The van der Waals surface area contributed by atoms with E-state index in [0.29, 0.717) is 17.2 Å². The second-order valence-corrected chi connectivity index (χ2v) is 9.93. The van der Waals surface area contributed by atoms with E-state index in [1.54, 1.807) is 18.2 Å². The minimum atomic E-state index is -0.106. The van der Waals surface area contributed by atoms with Crippen molar-refractivity contribution in [2.75, 3.05) is 17.9 Å². The van der Waals surface area contributed by atoms with Crippen molar-refractivity contribution >= 4 is 34.7 Å². The zero-order chi connectivity index (χ0) is 21.4. The number of fused-ring (bicyclic) bond motifs is 2. The van der Waals surface area contributed by atoms with Gasteiger partial charge in [0.25, 0.3) is 0 Å². The Balaban J connectivity index is 1.23. The molecule has 2 aromatic heterocycles. The molecule has 0 fully saturated rings. The number of nitrogens with one attached hydrogen (secondary N) is 1. The number of hydrogen-bond donors (Lipinski definition) is 1. The van der Waals surface area contributed by atoms with E-state index in [9.17, 15) is 4.79 Å². The summed E-state index contributed by atoms with van der Waals surface area (Å²) in [7, 11) is 1.96. The Bertz CT molecular complexity index is 1120. The second kappa shape index (κ2) is 8.55. The first kappa shape index (κ1) is 20.4. The number of thiophene rings is 1. The van der Waals surface area contributed by atoms with Crippen LogP contribution in [0.25, 0.3) is 10.7 Å². The van der Waals surface area contributed by atoms with Gasteiger partial charge in [-0.05, 0) is 48.9 Å². The highest BCUT2D eigenvalue weighted by atomic mass is 32.2. The number of benzene rings is 1.